The summed E-state index contributed by atoms with van der Waals surface area (Å²) in [7, 11) is 1.32. The van der Waals surface area contributed by atoms with E-state index in [-0.39, 0.29) is 0 Å². The lowest BCUT2D eigenvalue weighted by atomic mass is 10.1. The fourth-order valence-corrected chi connectivity index (χ4v) is 1.50. The molecule has 0 aliphatic carbocycles. The molecule has 0 N–H and O–H groups in total. The van der Waals surface area contributed by atoms with Crippen molar-refractivity contribution in [2.24, 2.45) is 0 Å². The first-order valence-corrected chi connectivity index (χ1v) is 5.02. The van der Waals surface area contributed by atoms with Gasteiger partial charge in [-0.05, 0) is 36.3 Å². The maximum absolute atomic E-state index is 10.8. The SMILES string of the molecule is COC(=O)/C=C/c1cc(Cl)c(C)c(Cl)c1. The van der Waals surface area contributed by atoms with Crippen LogP contribution in [0, 0.1) is 6.92 Å². The number of ether oxygens (including phenoxy) is 1. The van der Waals surface area contributed by atoms with Crippen LogP contribution in [-0.4, -0.2) is 13.1 Å². The normalized spacial score (nSPS) is 10.7. The smallest absolute Gasteiger partial charge is 0.330 e. The summed E-state index contributed by atoms with van der Waals surface area (Å²) < 4.78 is 4.46. The number of esters is 1. The van der Waals surface area contributed by atoms with Crippen LogP contribution in [-0.2, 0) is 9.53 Å². The van der Waals surface area contributed by atoms with Gasteiger partial charge < -0.3 is 4.74 Å². The monoisotopic (exact) mass is 244 g/mol. The van der Waals surface area contributed by atoms with Crippen LogP contribution < -0.4 is 0 Å². The van der Waals surface area contributed by atoms with Crippen LogP contribution in [0.25, 0.3) is 6.08 Å². The summed E-state index contributed by atoms with van der Waals surface area (Å²) in [6.45, 7) is 1.83. The van der Waals surface area contributed by atoms with Gasteiger partial charge in [-0.3, -0.25) is 0 Å². The molecule has 0 aliphatic heterocycles. The van der Waals surface area contributed by atoms with Crippen molar-refractivity contribution in [2.45, 2.75) is 6.92 Å². The van der Waals surface area contributed by atoms with E-state index in [1.54, 1.807) is 18.2 Å². The van der Waals surface area contributed by atoms with Gasteiger partial charge in [-0.15, -0.1) is 0 Å². The Labute approximate surface area is 98.4 Å². The molecule has 0 saturated heterocycles. The molecule has 0 spiro atoms. The van der Waals surface area contributed by atoms with E-state index >= 15 is 0 Å². The molecule has 4 heteroatoms. The molecule has 0 saturated carbocycles. The zero-order chi connectivity index (χ0) is 11.4. The number of halogens is 2. The van der Waals surface area contributed by atoms with Gasteiger partial charge in [0.2, 0.25) is 0 Å². The largest absolute Gasteiger partial charge is 0.466 e. The van der Waals surface area contributed by atoms with E-state index in [0.29, 0.717) is 10.0 Å². The fraction of sp³-hybridized carbons (Fsp3) is 0.182. The van der Waals surface area contributed by atoms with Gasteiger partial charge >= 0.3 is 5.97 Å². The molecule has 1 rings (SSSR count). The number of benzene rings is 1. The summed E-state index contributed by atoms with van der Waals surface area (Å²) in [4.78, 5) is 10.8. The lowest BCUT2D eigenvalue weighted by Crippen LogP contribution is -1.93. The number of rotatable bonds is 2. The van der Waals surface area contributed by atoms with E-state index in [9.17, 15) is 4.79 Å². The molecule has 0 unspecified atom stereocenters. The minimum Gasteiger partial charge on any atom is -0.466 e. The quantitative estimate of drug-likeness (QED) is 0.588. The summed E-state index contributed by atoms with van der Waals surface area (Å²) in [6, 6.07) is 3.48. The fourth-order valence-electron chi connectivity index (χ4n) is 0.993. The molecule has 0 fully saturated rings. The van der Waals surface area contributed by atoms with E-state index in [1.165, 1.54) is 13.2 Å². The average Bonchev–Trinajstić information content (AvgIpc) is 2.22. The van der Waals surface area contributed by atoms with Crippen molar-refractivity contribution in [3.8, 4) is 0 Å². The van der Waals surface area contributed by atoms with Gasteiger partial charge in [0.1, 0.15) is 0 Å². The van der Waals surface area contributed by atoms with Gasteiger partial charge in [0.05, 0.1) is 7.11 Å². The van der Waals surface area contributed by atoms with Gasteiger partial charge in [0, 0.05) is 16.1 Å². The molecular weight excluding hydrogens is 235 g/mol. The van der Waals surface area contributed by atoms with Crippen molar-refractivity contribution in [2.75, 3.05) is 7.11 Å². The zero-order valence-corrected chi connectivity index (χ0v) is 9.89. The third-order valence-electron chi connectivity index (χ3n) is 1.92. The topological polar surface area (TPSA) is 26.3 Å². The second-order valence-corrected chi connectivity index (χ2v) is 3.78. The highest BCUT2D eigenvalue weighted by Gasteiger charge is 2.02. The summed E-state index contributed by atoms with van der Waals surface area (Å²) in [5, 5.41) is 1.15. The van der Waals surface area contributed by atoms with Gasteiger partial charge in [0.15, 0.2) is 0 Å². The number of hydrogen-bond acceptors (Lipinski definition) is 2. The summed E-state index contributed by atoms with van der Waals surface area (Å²) >= 11 is 11.9. The first-order valence-electron chi connectivity index (χ1n) is 4.26. The van der Waals surface area contributed by atoms with Gasteiger partial charge in [-0.2, -0.15) is 0 Å². The van der Waals surface area contributed by atoms with E-state index in [4.69, 9.17) is 23.2 Å². The molecule has 15 heavy (non-hydrogen) atoms. The predicted octanol–water partition coefficient (Wildman–Crippen LogP) is 3.49. The van der Waals surface area contributed by atoms with Crippen LogP contribution >= 0.6 is 23.2 Å². The van der Waals surface area contributed by atoms with Crippen LogP contribution in [0.15, 0.2) is 18.2 Å². The van der Waals surface area contributed by atoms with Crippen molar-refractivity contribution in [1.29, 1.82) is 0 Å². The van der Waals surface area contributed by atoms with Crippen LogP contribution in [0.2, 0.25) is 10.0 Å². The summed E-state index contributed by atoms with van der Waals surface area (Å²) in [5.41, 5.74) is 1.59. The minimum absolute atomic E-state index is 0.414. The van der Waals surface area contributed by atoms with Crippen molar-refractivity contribution in [1.82, 2.24) is 0 Å². The maximum Gasteiger partial charge on any atom is 0.330 e. The molecule has 2 nitrogen and oxygen atoms in total. The molecule has 0 atom stereocenters. The van der Waals surface area contributed by atoms with Crippen LogP contribution in [0.1, 0.15) is 11.1 Å². The Morgan fingerprint density at radius 3 is 2.33 bits per heavy atom. The highest BCUT2D eigenvalue weighted by molar-refractivity contribution is 6.36. The van der Waals surface area contributed by atoms with Crippen LogP contribution in [0.5, 0.6) is 0 Å². The van der Waals surface area contributed by atoms with E-state index < -0.39 is 5.97 Å². The highest BCUT2D eigenvalue weighted by Crippen LogP contribution is 2.25. The van der Waals surface area contributed by atoms with Gasteiger partial charge in [-0.1, -0.05) is 23.2 Å². The van der Waals surface area contributed by atoms with Crippen molar-refractivity contribution in [3.05, 3.63) is 39.4 Å². The average molecular weight is 245 g/mol. The van der Waals surface area contributed by atoms with Crippen LogP contribution in [0.4, 0.5) is 0 Å². The molecule has 80 valence electrons. The van der Waals surface area contributed by atoms with E-state index in [0.717, 1.165) is 11.1 Å². The molecule has 0 radical (unpaired) electrons. The molecule has 0 bridgehead atoms. The highest BCUT2D eigenvalue weighted by atomic mass is 35.5. The number of carbonyl (C=O) groups is 1. The predicted molar refractivity (Wildman–Crippen MR) is 62.2 cm³/mol. The second-order valence-electron chi connectivity index (χ2n) is 2.97. The molecule has 1 aromatic rings. The number of hydrogen-bond donors (Lipinski definition) is 0. The molecule has 0 aliphatic rings. The Bertz CT molecular complexity index is 388. The lowest BCUT2D eigenvalue weighted by Gasteiger charge is -2.02. The number of carbonyl (C=O) groups excluding carboxylic acids is 1. The third kappa shape index (κ3) is 3.26. The first kappa shape index (κ1) is 12.1. The van der Waals surface area contributed by atoms with Gasteiger partial charge in [0.25, 0.3) is 0 Å². The molecule has 0 aromatic heterocycles. The Hall–Kier alpha value is -0.990. The van der Waals surface area contributed by atoms with E-state index in [2.05, 4.69) is 4.74 Å². The van der Waals surface area contributed by atoms with Crippen molar-refractivity contribution in [3.63, 3.8) is 0 Å². The Morgan fingerprint density at radius 2 is 1.87 bits per heavy atom. The molecule has 0 amide bonds. The van der Waals surface area contributed by atoms with Crippen molar-refractivity contribution >= 4 is 35.2 Å². The third-order valence-corrected chi connectivity index (χ3v) is 2.70. The molecular formula is C11H10Cl2O2. The number of methoxy groups -OCH3 is 1. The van der Waals surface area contributed by atoms with Crippen LogP contribution in [0.3, 0.4) is 0 Å². The Morgan fingerprint density at radius 1 is 1.33 bits per heavy atom. The van der Waals surface area contributed by atoms with E-state index in [1.807, 2.05) is 6.92 Å². The minimum atomic E-state index is -0.414. The second kappa shape index (κ2) is 5.19. The van der Waals surface area contributed by atoms with Crippen molar-refractivity contribution < 1.29 is 9.53 Å². The first-order chi connectivity index (χ1) is 7.04. The molecule has 0 heterocycles. The Kier molecular flexibility index (Phi) is 4.18. The standard InChI is InChI=1S/C11H10Cl2O2/c1-7-9(12)5-8(6-10(7)13)3-4-11(14)15-2/h3-6H,1-2H3/b4-3+. The van der Waals surface area contributed by atoms with Gasteiger partial charge in [-0.25, -0.2) is 4.79 Å². The lowest BCUT2D eigenvalue weighted by molar-refractivity contribution is -0.134. The zero-order valence-electron chi connectivity index (χ0n) is 8.38. The summed E-state index contributed by atoms with van der Waals surface area (Å²) in [5.74, 6) is -0.414. The Balaban J connectivity index is 2.97. The maximum atomic E-state index is 10.8. The molecule has 1 aromatic carbocycles. The summed E-state index contributed by atoms with van der Waals surface area (Å²) in [6.07, 6.45) is 2.92.